The highest BCUT2D eigenvalue weighted by molar-refractivity contribution is 5.86. The number of nitrogens with zero attached hydrogens (tertiary/aromatic N) is 1. The fraction of sp³-hybridized carbons (Fsp3) is 0.727. The molecule has 0 radical (unpaired) electrons. The van der Waals surface area contributed by atoms with Crippen molar-refractivity contribution in [2.24, 2.45) is 0 Å². The standard InChI is InChI=1S/C11H21N3O5/c1-14(2)9(15)7-12-11(18)13-8(10(16)17)5-4-6-19-3/h8H,4-7H2,1-3H3,(H,16,17)(H2,12,13,18). The lowest BCUT2D eigenvalue weighted by molar-refractivity contribution is -0.139. The molecule has 8 nitrogen and oxygen atoms in total. The highest BCUT2D eigenvalue weighted by atomic mass is 16.5. The summed E-state index contributed by atoms with van der Waals surface area (Å²) >= 11 is 0. The van der Waals surface area contributed by atoms with E-state index in [0.717, 1.165) is 0 Å². The number of hydrogen-bond acceptors (Lipinski definition) is 4. The van der Waals surface area contributed by atoms with E-state index < -0.39 is 18.0 Å². The minimum atomic E-state index is -1.12. The molecule has 8 heteroatoms. The van der Waals surface area contributed by atoms with Gasteiger partial charge < -0.3 is 25.4 Å². The summed E-state index contributed by atoms with van der Waals surface area (Å²) in [6.07, 6.45) is 0.780. The van der Waals surface area contributed by atoms with Gasteiger partial charge in [-0.05, 0) is 12.8 Å². The van der Waals surface area contributed by atoms with Gasteiger partial charge in [-0.15, -0.1) is 0 Å². The van der Waals surface area contributed by atoms with Crippen molar-refractivity contribution in [1.29, 1.82) is 0 Å². The molecule has 1 unspecified atom stereocenters. The predicted octanol–water partition coefficient (Wildman–Crippen LogP) is -0.746. The van der Waals surface area contributed by atoms with Gasteiger partial charge in [0.15, 0.2) is 0 Å². The summed E-state index contributed by atoms with van der Waals surface area (Å²) in [4.78, 5) is 34.9. The molecule has 0 aliphatic carbocycles. The summed E-state index contributed by atoms with van der Waals surface area (Å²) in [6.45, 7) is 0.245. The van der Waals surface area contributed by atoms with E-state index >= 15 is 0 Å². The Balaban J connectivity index is 4.10. The molecule has 0 saturated carbocycles. The molecule has 0 aromatic heterocycles. The van der Waals surface area contributed by atoms with Crippen LogP contribution in [0.5, 0.6) is 0 Å². The van der Waals surface area contributed by atoms with Crippen LogP contribution in [0.3, 0.4) is 0 Å². The first-order valence-corrected chi connectivity index (χ1v) is 5.84. The quantitative estimate of drug-likeness (QED) is 0.505. The number of carboxylic acids is 1. The predicted molar refractivity (Wildman–Crippen MR) is 67.8 cm³/mol. The van der Waals surface area contributed by atoms with Crippen LogP contribution in [0.2, 0.25) is 0 Å². The molecule has 0 fully saturated rings. The van der Waals surface area contributed by atoms with Gasteiger partial charge in [-0.25, -0.2) is 9.59 Å². The van der Waals surface area contributed by atoms with Crippen LogP contribution in [-0.4, -0.2) is 68.3 Å². The number of carboxylic acid groups (broad SMARTS) is 1. The lowest BCUT2D eigenvalue weighted by atomic mass is 10.1. The molecule has 0 saturated heterocycles. The number of nitrogens with one attached hydrogen (secondary N) is 2. The second-order valence-corrected chi connectivity index (χ2v) is 4.14. The largest absolute Gasteiger partial charge is 0.480 e. The Morgan fingerprint density at radius 3 is 2.42 bits per heavy atom. The van der Waals surface area contributed by atoms with Crippen molar-refractivity contribution < 1.29 is 24.2 Å². The Labute approximate surface area is 112 Å². The third-order valence-electron chi connectivity index (χ3n) is 2.34. The molecule has 0 rings (SSSR count). The third-order valence-corrected chi connectivity index (χ3v) is 2.34. The molecule has 0 aromatic rings. The van der Waals surface area contributed by atoms with Crippen LogP contribution >= 0.6 is 0 Å². The fourth-order valence-electron chi connectivity index (χ4n) is 1.21. The summed E-state index contributed by atoms with van der Waals surface area (Å²) in [5, 5.41) is 13.5. The van der Waals surface area contributed by atoms with E-state index in [1.165, 1.54) is 12.0 Å². The van der Waals surface area contributed by atoms with Gasteiger partial charge in [0.2, 0.25) is 5.91 Å². The fourth-order valence-corrected chi connectivity index (χ4v) is 1.21. The van der Waals surface area contributed by atoms with Crippen LogP contribution in [0.1, 0.15) is 12.8 Å². The second-order valence-electron chi connectivity index (χ2n) is 4.14. The van der Waals surface area contributed by atoms with E-state index in [4.69, 9.17) is 9.84 Å². The minimum Gasteiger partial charge on any atom is -0.480 e. The van der Waals surface area contributed by atoms with Gasteiger partial charge in [-0.1, -0.05) is 0 Å². The molecule has 3 N–H and O–H groups in total. The zero-order chi connectivity index (χ0) is 14.8. The van der Waals surface area contributed by atoms with Crippen LogP contribution in [0.25, 0.3) is 0 Å². The monoisotopic (exact) mass is 275 g/mol. The van der Waals surface area contributed by atoms with Gasteiger partial charge in [0.25, 0.3) is 0 Å². The van der Waals surface area contributed by atoms with Gasteiger partial charge in [-0.2, -0.15) is 0 Å². The maximum absolute atomic E-state index is 11.4. The highest BCUT2D eigenvalue weighted by Crippen LogP contribution is 1.98. The number of rotatable bonds is 8. The average Bonchev–Trinajstić information content (AvgIpc) is 2.34. The number of carbonyl (C=O) groups excluding carboxylic acids is 2. The normalized spacial score (nSPS) is 11.5. The second kappa shape index (κ2) is 9.15. The number of hydrogen-bond donors (Lipinski definition) is 3. The molecule has 0 spiro atoms. The van der Waals surface area contributed by atoms with E-state index in [-0.39, 0.29) is 18.9 Å². The van der Waals surface area contributed by atoms with Crippen molar-refractivity contribution >= 4 is 17.9 Å². The molecule has 19 heavy (non-hydrogen) atoms. The summed E-state index contributed by atoms with van der Waals surface area (Å²) < 4.78 is 4.81. The smallest absolute Gasteiger partial charge is 0.326 e. The number of amides is 3. The number of aliphatic carboxylic acids is 1. The van der Waals surface area contributed by atoms with Crippen LogP contribution in [-0.2, 0) is 14.3 Å². The molecule has 0 heterocycles. The lowest BCUT2D eigenvalue weighted by Gasteiger charge is -2.16. The van der Waals surface area contributed by atoms with Gasteiger partial charge in [-0.3, -0.25) is 4.79 Å². The van der Waals surface area contributed by atoms with Crippen molar-refractivity contribution in [3.63, 3.8) is 0 Å². The SMILES string of the molecule is COCCCC(NC(=O)NCC(=O)N(C)C)C(=O)O. The maximum Gasteiger partial charge on any atom is 0.326 e. The summed E-state index contributed by atoms with van der Waals surface area (Å²) in [5.41, 5.74) is 0. The number of likely N-dealkylation sites (N-methyl/N-ethyl adjacent to an activating group) is 1. The van der Waals surface area contributed by atoms with Crippen molar-refractivity contribution in [1.82, 2.24) is 15.5 Å². The Bertz CT molecular complexity index is 319. The number of ether oxygens (including phenoxy) is 1. The summed E-state index contributed by atoms with van der Waals surface area (Å²) in [6, 6.07) is -1.68. The van der Waals surface area contributed by atoms with E-state index in [2.05, 4.69) is 10.6 Å². The van der Waals surface area contributed by atoms with Gasteiger partial charge in [0.05, 0.1) is 6.54 Å². The maximum atomic E-state index is 11.4. The molecular weight excluding hydrogens is 254 g/mol. The lowest BCUT2D eigenvalue weighted by Crippen LogP contribution is -2.48. The summed E-state index contributed by atoms with van der Waals surface area (Å²) in [5.74, 6) is -1.40. The van der Waals surface area contributed by atoms with Gasteiger partial charge in [0, 0.05) is 27.8 Å². The molecule has 0 aliphatic rings. The highest BCUT2D eigenvalue weighted by Gasteiger charge is 2.19. The number of methoxy groups -OCH3 is 1. The van der Waals surface area contributed by atoms with Crippen molar-refractivity contribution in [2.45, 2.75) is 18.9 Å². The van der Waals surface area contributed by atoms with Crippen LogP contribution in [0.15, 0.2) is 0 Å². The molecule has 3 amide bonds. The van der Waals surface area contributed by atoms with Crippen molar-refractivity contribution in [3.8, 4) is 0 Å². The first-order valence-electron chi connectivity index (χ1n) is 5.84. The minimum absolute atomic E-state index is 0.177. The Morgan fingerprint density at radius 2 is 1.95 bits per heavy atom. The molecular formula is C11H21N3O5. The van der Waals surface area contributed by atoms with E-state index in [9.17, 15) is 14.4 Å². The Morgan fingerprint density at radius 1 is 1.32 bits per heavy atom. The first kappa shape index (κ1) is 17.2. The molecule has 1 atom stereocenters. The molecule has 0 bridgehead atoms. The number of carbonyl (C=O) groups is 3. The first-order chi connectivity index (χ1) is 8.88. The van der Waals surface area contributed by atoms with E-state index in [0.29, 0.717) is 13.0 Å². The molecule has 0 aliphatic heterocycles. The van der Waals surface area contributed by atoms with Crippen molar-refractivity contribution in [2.75, 3.05) is 34.4 Å². The van der Waals surface area contributed by atoms with Crippen LogP contribution in [0.4, 0.5) is 4.79 Å². The van der Waals surface area contributed by atoms with E-state index in [1.54, 1.807) is 14.1 Å². The zero-order valence-corrected chi connectivity index (χ0v) is 11.4. The number of urea groups is 1. The molecule has 0 aromatic carbocycles. The topological polar surface area (TPSA) is 108 Å². The average molecular weight is 275 g/mol. The van der Waals surface area contributed by atoms with Gasteiger partial charge >= 0.3 is 12.0 Å². The van der Waals surface area contributed by atoms with Crippen LogP contribution < -0.4 is 10.6 Å². The third kappa shape index (κ3) is 7.98. The summed E-state index contributed by atoms with van der Waals surface area (Å²) in [7, 11) is 4.64. The van der Waals surface area contributed by atoms with Gasteiger partial charge in [0.1, 0.15) is 6.04 Å². The van der Waals surface area contributed by atoms with Crippen molar-refractivity contribution in [3.05, 3.63) is 0 Å². The zero-order valence-electron chi connectivity index (χ0n) is 11.4. The Hall–Kier alpha value is -1.83. The van der Waals surface area contributed by atoms with E-state index in [1.807, 2.05) is 0 Å². The Kier molecular flexibility index (Phi) is 8.27. The van der Waals surface area contributed by atoms with Crippen LogP contribution in [0, 0.1) is 0 Å². The molecule has 110 valence electrons.